The van der Waals surface area contributed by atoms with Gasteiger partial charge in [-0.1, -0.05) is 12.5 Å². The van der Waals surface area contributed by atoms with Crippen molar-refractivity contribution in [2.75, 3.05) is 0 Å². The summed E-state index contributed by atoms with van der Waals surface area (Å²) in [5, 5.41) is 0. The van der Waals surface area contributed by atoms with Crippen LogP contribution in [0.3, 0.4) is 0 Å². The van der Waals surface area contributed by atoms with Gasteiger partial charge in [-0.3, -0.25) is 0 Å². The summed E-state index contributed by atoms with van der Waals surface area (Å²) < 4.78 is 13.9. The van der Waals surface area contributed by atoms with Gasteiger partial charge in [-0.15, -0.1) is 6.55 Å². The standard InChI is InChI=1S/C6H10/c1-2-6-4-3-5-6/h2,6H,1,3-5H2/i1D,4D/t4-,6?/m0/s1. The molecule has 6 heavy (non-hydrogen) atoms. The van der Waals surface area contributed by atoms with Crippen LogP contribution in [0.5, 0.6) is 0 Å². The van der Waals surface area contributed by atoms with E-state index in [1.165, 1.54) is 6.55 Å². The molecule has 0 nitrogen and oxygen atoms in total. The van der Waals surface area contributed by atoms with Gasteiger partial charge in [0.1, 0.15) is 0 Å². The molecular weight excluding hydrogens is 72.1 g/mol. The first-order chi connectivity index (χ1) is 3.84. The Labute approximate surface area is 41.7 Å². The predicted octanol–water partition coefficient (Wildman–Crippen LogP) is 1.97. The van der Waals surface area contributed by atoms with E-state index in [0.717, 1.165) is 12.8 Å². The number of allylic oxidation sites excluding steroid dienone is 1. The molecule has 1 aliphatic rings. The Morgan fingerprint density at radius 1 is 2.17 bits per heavy atom. The molecule has 0 amide bonds. The second kappa shape index (κ2) is 1.46. The Hall–Kier alpha value is -0.260. The summed E-state index contributed by atoms with van der Waals surface area (Å²) in [4.78, 5) is 0. The summed E-state index contributed by atoms with van der Waals surface area (Å²) in [6.45, 7) is 1.30. The molecule has 0 bridgehead atoms. The molecule has 0 aromatic carbocycles. The maximum absolute atomic E-state index is 7.24. The Kier molecular flexibility index (Phi) is 0.524. The van der Waals surface area contributed by atoms with Gasteiger partial charge in [-0.25, -0.2) is 0 Å². The summed E-state index contributed by atoms with van der Waals surface area (Å²) in [6, 6.07) is 0. The quantitative estimate of drug-likeness (QED) is 0.426. The van der Waals surface area contributed by atoms with Crippen molar-refractivity contribution in [3.63, 3.8) is 0 Å². The zero-order valence-corrected chi connectivity index (χ0v) is 3.72. The van der Waals surface area contributed by atoms with Crippen molar-refractivity contribution in [3.8, 4) is 0 Å². The van der Waals surface area contributed by atoms with E-state index in [2.05, 4.69) is 0 Å². The van der Waals surface area contributed by atoms with Gasteiger partial charge in [-0.05, 0) is 18.7 Å². The average Bonchev–Trinajstić information content (AvgIpc) is 1.79. The average molecular weight is 84.2 g/mol. The van der Waals surface area contributed by atoms with Crippen LogP contribution in [0.2, 0.25) is 0 Å². The van der Waals surface area contributed by atoms with Crippen molar-refractivity contribution in [3.05, 3.63) is 12.6 Å². The van der Waals surface area contributed by atoms with Crippen LogP contribution in [0.4, 0.5) is 0 Å². The van der Waals surface area contributed by atoms with Crippen molar-refractivity contribution in [1.82, 2.24) is 0 Å². The van der Waals surface area contributed by atoms with Crippen LogP contribution in [-0.2, 0) is 0 Å². The van der Waals surface area contributed by atoms with E-state index < -0.39 is 0 Å². The third-order valence-electron chi connectivity index (χ3n) is 1.22. The highest BCUT2D eigenvalue weighted by Crippen LogP contribution is 2.26. The van der Waals surface area contributed by atoms with E-state index in [-0.39, 0.29) is 6.40 Å². The van der Waals surface area contributed by atoms with Crippen molar-refractivity contribution < 1.29 is 2.74 Å². The molecule has 0 aliphatic heterocycles. The molecule has 0 heterocycles. The predicted molar refractivity (Wildman–Crippen MR) is 27.5 cm³/mol. The lowest BCUT2D eigenvalue weighted by Gasteiger charge is -2.20. The highest BCUT2D eigenvalue weighted by molar-refractivity contribution is 4.84. The van der Waals surface area contributed by atoms with Crippen LogP contribution < -0.4 is 0 Å². The third kappa shape index (κ3) is 0.469. The number of hydrogen-bond acceptors (Lipinski definition) is 0. The molecule has 0 aromatic rings. The second-order valence-corrected chi connectivity index (χ2v) is 1.67. The van der Waals surface area contributed by atoms with E-state index in [0.29, 0.717) is 5.92 Å². The third-order valence-corrected chi connectivity index (χ3v) is 1.22. The molecule has 2 atom stereocenters. The van der Waals surface area contributed by atoms with Gasteiger partial charge in [0.15, 0.2) is 0 Å². The maximum Gasteiger partial charge on any atom is 0.0535 e. The Morgan fingerprint density at radius 2 is 3.17 bits per heavy atom. The fraction of sp³-hybridized carbons (Fsp3) is 0.667. The van der Waals surface area contributed by atoms with Crippen molar-refractivity contribution in [1.29, 1.82) is 0 Å². The van der Waals surface area contributed by atoms with Crippen molar-refractivity contribution in [2.24, 2.45) is 5.92 Å². The maximum atomic E-state index is 7.24. The molecule has 1 saturated carbocycles. The molecule has 0 spiro atoms. The SMILES string of the molecule is [2H]C=CC1CC[C@@H]1[2H]. The summed E-state index contributed by atoms with van der Waals surface area (Å²) in [5.74, 6) is 0.396. The molecule has 0 saturated heterocycles. The highest BCUT2D eigenvalue weighted by Gasteiger charge is 2.11. The molecule has 34 valence electrons. The lowest BCUT2D eigenvalue weighted by atomic mass is 9.86. The molecule has 0 heteroatoms. The minimum Gasteiger partial charge on any atom is -0.103 e. The topological polar surface area (TPSA) is 0 Å². The van der Waals surface area contributed by atoms with Crippen LogP contribution in [0.25, 0.3) is 0 Å². The molecule has 1 unspecified atom stereocenters. The van der Waals surface area contributed by atoms with E-state index in [1.54, 1.807) is 6.08 Å². The zero-order chi connectivity index (χ0) is 5.98. The molecule has 1 fully saturated rings. The lowest BCUT2D eigenvalue weighted by Crippen LogP contribution is -2.05. The van der Waals surface area contributed by atoms with Crippen LogP contribution in [0, 0.1) is 5.92 Å². The van der Waals surface area contributed by atoms with Gasteiger partial charge in [0.25, 0.3) is 0 Å². The molecule has 1 rings (SSSR count). The Bertz CT molecular complexity index is 98.7. The first kappa shape index (κ1) is 2.15. The second-order valence-electron chi connectivity index (χ2n) is 1.67. The smallest absolute Gasteiger partial charge is 0.0535 e. The van der Waals surface area contributed by atoms with Gasteiger partial charge >= 0.3 is 0 Å². The van der Waals surface area contributed by atoms with E-state index in [4.69, 9.17) is 2.74 Å². The summed E-state index contributed by atoms with van der Waals surface area (Å²) >= 11 is 0. The van der Waals surface area contributed by atoms with Crippen LogP contribution in [0.15, 0.2) is 12.6 Å². The van der Waals surface area contributed by atoms with Crippen LogP contribution in [0.1, 0.15) is 22.0 Å². The normalized spacial score (nSPS) is 50.7. The van der Waals surface area contributed by atoms with E-state index in [1.807, 2.05) is 0 Å². The van der Waals surface area contributed by atoms with E-state index in [9.17, 15) is 0 Å². The molecule has 0 aromatic heterocycles. The zero-order valence-electron chi connectivity index (χ0n) is 5.72. The highest BCUT2D eigenvalue weighted by atomic mass is 14.2. The molecule has 1 aliphatic carbocycles. The van der Waals surface area contributed by atoms with Gasteiger partial charge in [0, 0.05) is 1.37 Å². The van der Waals surface area contributed by atoms with E-state index >= 15 is 0 Å². The number of rotatable bonds is 1. The molecular formula is C6H10. The van der Waals surface area contributed by atoms with Gasteiger partial charge in [-0.2, -0.15) is 0 Å². The summed E-state index contributed by atoms with van der Waals surface area (Å²) in [5.41, 5.74) is 0. The first-order valence-corrected chi connectivity index (χ1v) is 2.32. The summed E-state index contributed by atoms with van der Waals surface area (Å²) in [6.07, 6.45) is 4.04. The van der Waals surface area contributed by atoms with Gasteiger partial charge in [0.05, 0.1) is 1.37 Å². The summed E-state index contributed by atoms with van der Waals surface area (Å²) in [7, 11) is 0. The Balaban J connectivity index is 2.27. The largest absolute Gasteiger partial charge is 0.103 e. The minimum absolute atomic E-state index is 0.0941. The number of hydrogen-bond donors (Lipinski definition) is 0. The fourth-order valence-electron chi connectivity index (χ4n) is 0.534. The van der Waals surface area contributed by atoms with Crippen molar-refractivity contribution >= 4 is 0 Å². The fourth-order valence-corrected chi connectivity index (χ4v) is 0.534. The van der Waals surface area contributed by atoms with Crippen molar-refractivity contribution in [2.45, 2.75) is 19.2 Å². The molecule has 0 radical (unpaired) electrons. The van der Waals surface area contributed by atoms with Gasteiger partial charge in [0.2, 0.25) is 0 Å². The van der Waals surface area contributed by atoms with Crippen LogP contribution >= 0.6 is 0 Å². The lowest BCUT2D eigenvalue weighted by molar-refractivity contribution is 0.388. The first-order valence-electron chi connectivity index (χ1n) is 3.47. The molecule has 0 N–H and O–H groups in total. The monoisotopic (exact) mass is 84.1 g/mol. The Morgan fingerprint density at radius 3 is 3.33 bits per heavy atom. The van der Waals surface area contributed by atoms with Gasteiger partial charge < -0.3 is 0 Å². The van der Waals surface area contributed by atoms with Crippen LogP contribution in [-0.4, -0.2) is 0 Å². The minimum atomic E-state index is 0.0941.